The second-order valence-corrected chi connectivity index (χ2v) is 6.85. The molecule has 2 aliphatic heterocycles. The van der Waals surface area contributed by atoms with Gasteiger partial charge in [-0.25, -0.2) is 9.80 Å². The predicted octanol–water partition coefficient (Wildman–Crippen LogP) is 3.24. The van der Waals surface area contributed by atoms with Crippen LogP contribution in [0.1, 0.15) is 17.0 Å². The van der Waals surface area contributed by atoms with Gasteiger partial charge < -0.3 is 0 Å². The summed E-state index contributed by atoms with van der Waals surface area (Å²) in [5, 5.41) is 0. The first kappa shape index (κ1) is 20.3. The molecule has 2 aromatic carbocycles. The number of amides is 4. The molecule has 0 spiro atoms. The lowest BCUT2D eigenvalue weighted by atomic mass is 9.90. The minimum Gasteiger partial charge on any atom is -0.269 e. The molecule has 0 aromatic heterocycles. The number of carbonyl (C=O) groups excluding carboxylic acids is 4. The fraction of sp³-hybridized carbons (Fsp3) is 0.0909. The van der Waals surface area contributed by atoms with Crippen molar-refractivity contribution in [2.24, 2.45) is 0 Å². The van der Waals surface area contributed by atoms with E-state index >= 15 is 0 Å². The first-order valence-electron chi connectivity index (χ1n) is 9.06. The Labute approximate surface area is 173 Å². The number of halogens is 3. The summed E-state index contributed by atoms with van der Waals surface area (Å²) in [6.07, 6.45) is -0.294. The fourth-order valence-corrected chi connectivity index (χ4v) is 3.51. The van der Waals surface area contributed by atoms with Gasteiger partial charge in [-0.15, -0.1) is 0 Å². The van der Waals surface area contributed by atoms with Gasteiger partial charge in [0, 0.05) is 24.3 Å². The first-order chi connectivity index (χ1) is 14.7. The van der Waals surface area contributed by atoms with Crippen molar-refractivity contribution in [2.75, 3.05) is 9.80 Å². The van der Waals surface area contributed by atoms with E-state index in [1.165, 1.54) is 48.5 Å². The van der Waals surface area contributed by atoms with Gasteiger partial charge in [-0.3, -0.25) is 19.2 Å². The van der Waals surface area contributed by atoms with Crippen LogP contribution < -0.4 is 9.80 Å². The standard InChI is InChI=1S/C22H13F3N2O4/c23-22(24,25)21(13-1-5-15(6-2-13)26-17(28)9-10-18(26)29)14-3-7-16(8-4-14)27-19(30)11-12-20(27)31/h1-12,21H. The zero-order valence-electron chi connectivity index (χ0n) is 15.7. The van der Waals surface area contributed by atoms with Gasteiger partial charge in [0.2, 0.25) is 0 Å². The highest BCUT2D eigenvalue weighted by Gasteiger charge is 2.42. The lowest BCUT2D eigenvalue weighted by Crippen LogP contribution is -2.30. The summed E-state index contributed by atoms with van der Waals surface area (Å²) in [7, 11) is 0. The molecular weight excluding hydrogens is 413 g/mol. The van der Waals surface area contributed by atoms with Gasteiger partial charge in [0.05, 0.1) is 11.4 Å². The molecule has 0 N–H and O–H groups in total. The molecule has 0 unspecified atom stereocenters. The molecule has 9 heteroatoms. The van der Waals surface area contributed by atoms with E-state index in [1.807, 2.05) is 0 Å². The highest BCUT2D eigenvalue weighted by atomic mass is 19.4. The highest BCUT2D eigenvalue weighted by molar-refractivity contribution is 6.28. The summed E-state index contributed by atoms with van der Waals surface area (Å²) in [4.78, 5) is 48.7. The molecule has 2 aliphatic rings. The summed E-state index contributed by atoms with van der Waals surface area (Å²) in [6, 6.07) is 9.93. The third-order valence-electron chi connectivity index (χ3n) is 4.92. The molecule has 2 heterocycles. The molecule has 0 aliphatic carbocycles. The van der Waals surface area contributed by atoms with E-state index < -0.39 is 35.7 Å². The number of nitrogens with zero attached hydrogens (tertiary/aromatic N) is 2. The van der Waals surface area contributed by atoms with Crippen molar-refractivity contribution in [1.29, 1.82) is 0 Å². The second-order valence-electron chi connectivity index (χ2n) is 6.85. The molecule has 0 saturated carbocycles. The van der Waals surface area contributed by atoms with Crippen LogP contribution in [0.15, 0.2) is 72.8 Å². The minimum atomic E-state index is -4.63. The smallest absolute Gasteiger partial charge is 0.269 e. The Bertz CT molecular complexity index is 1030. The Morgan fingerprint density at radius 2 is 0.839 bits per heavy atom. The van der Waals surface area contributed by atoms with Crippen LogP contribution in [0.4, 0.5) is 24.5 Å². The number of benzene rings is 2. The van der Waals surface area contributed by atoms with Crippen molar-refractivity contribution in [3.05, 3.63) is 84.0 Å². The second kappa shape index (κ2) is 7.35. The van der Waals surface area contributed by atoms with E-state index in [0.29, 0.717) is 0 Å². The molecule has 156 valence electrons. The van der Waals surface area contributed by atoms with Crippen molar-refractivity contribution >= 4 is 35.0 Å². The number of rotatable bonds is 4. The number of carbonyl (C=O) groups is 4. The third-order valence-corrected chi connectivity index (χ3v) is 4.92. The Morgan fingerprint density at radius 3 is 1.10 bits per heavy atom. The topological polar surface area (TPSA) is 74.8 Å². The number of hydrogen-bond acceptors (Lipinski definition) is 4. The Morgan fingerprint density at radius 1 is 0.548 bits per heavy atom. The Hall–Kier alpha value is -4.01. The van der Waals surface area contributed by atoms with Gasteiger partial charge in [0.15, 0.2) is 0 Å². The quantitative estimate of drug-likeness (QED) is 0.704. The van der Waals surface area contributed by atoms with Gasteiger partial charge in [0.1, 0.15) is 5.92 Å². The van der Waals surface area contributed by atoms with Crippen LogP contribution in [0.3, 0.4) is 0 Å². The Kier molecular flexibility index (Phi) is 4.81. The van der Waals surface area contributed by atoms with E-state index in [9.17, 15) is 32.3 Å². The van der Waals surface area contributed by atoms with Gasteiger partial charge in [-0.2, -0.15) is 13.2 Å². The molecule has 0 radical (unpaired) electrons. The van der Waals surface area contributed by atoms with Crippen molar-refractivity contribution < 1.29 is 32.3 Å². The molecular formula is C22H13F3N2O4. The summed E-state index contributed by atoms with van der Waals surface area (Å²) in [5.74, 6) is -4.26. The van der Waals surface area contributed by atoms with E-state index in [0.717, 1.165) is 34.1 Å². The maximum atomic E-state index is 13.9. The number of alkyl halides is 3. The molecule has 31 heavy (non-hydrogen) atoms. The van der Waals surface area contributed by atoms with E-state index in [4.69, 9.17) is 0 Å². The molecule has 4 amide bonds. The third kappa shape index (κ3) is 3.65. The van der Waals surface area contributed by atoms with Crippen molar-refractivity contribution in [1.82, 2.24) is 0 Å². The average Bonchev–Trinajstić information content (AvgIpc) is 3.23. The van der Waals surface area contributed by atoms with Gasteiger partial charge in [-0.1, -0.05) is 24.3 Å². The normalized spacial score (nSPS) is 16.4. The van der Waals surface area contributed by atoms with Crippen LogP contribution in [0, 0.1) is 0 Å². The first-order valence-corrected chi connectivity index (χ1v) is 9.06. The molecule has 6 nitrogen and oxygen atoms in total. The van der Waals surface area contributed by atoms with Crippen LogP contribution in [0.5, 0.6) is 0 Å². The van der Waals surface area contributed by atoms with Crippen LogP contribution in [0.25, 0.3) is 0 Å². The SMILES string of the molecule is O=C1C=CC(=O)N1c1ccc(C(c2ccc(N3C(=O)C=CC3=O)cc2)C(F)(F)F)cc1. The van der Waals surface area contributed by atoms with Gasteiger partial charge in [-0.05, 0) is 35.4 Å². The molecule has 0 atom stereocenters. The van der Waals surface area contributed by atoms with Crippen LogP contribution in [-0.4, -0.2) is 29.8 Å². The molecule has 4 rings (SSSR count). The number of anilines is 2. The summed E-state index contributed by atoms with van der Waals surface area (Å²) >= 11 is 0. The van der Waals surface area contributed by atoms with Crippen LogP contribution in [0.2, 0.25) is 0 Å². The minimum absolute atomic E-state index is 0.0916. The maximum Gasteiger partial charge on any atom is 0.399 e. The summed E-state index contributed by atoms with van der Waals surface area (Å²) < 4.78 is 41.7. The van der Waals surface area contributed by atoms with Gasteiger partial charge >= 0.3 is 6.18 Å². The van der Waals surface area contributed by atoms with E-state index in [2.05, 4.69) is 0 Å². The number of imide groups is 2. The van der Waals surface area contributed by atoms with Crippen LogP contribution >= 0.6 is 0 Å². The Balaban J connectivity index is 1.64. The fourth-order valence-electron chi connectivity index (χ4n) is 3.51. The summed E-state index contributed by atoms with van der Waals surface area (Å²) in [6.45, 7) is 0. The molecule has 2 aromatic rings. The van der Waals surface area contributed by atoms with E-state index in [1.54, 1.807) is 0 Å². The van der Waals surface area contributed by atoms with Crippen molar-refractivity contribution in [3.63, 3.8) is 0 Å². The van der Waals surface area contributed by atoms with Crippen molar-refractivity contribution in [2.45, 2.75) is 12.1 Å². The monoisotopic (exact) mass is 426 g/mol. The molecule has 0 fully saturated rings. The van der Waals surface area contributed by atoms with Crippen molar-refractivity contribution in [3.8, 4) is 0 Å². The lowest BCUT2D eigenvalue weighted by Gasteiger charge is -2.23. The predicted molar refractivity (Wildman–Crippen MR) is 104 cm³/mol. The van der Waals surface area contributed by atoms with E-state index in [-0.39, 0.29) is 22.5 Å². The number of hydrogen-bond donors (Lipinski definition) is 0. The lowest BCUT2D eigenvalue weighted by molar-refractivity contribution is -0.141. The zero-order chi connectivity index (χ0) is 22.3. The summed E-state index contributed by atoms with van der Waals surface area (Å²) in [5.41, 5.74) is 0.147. The average molecular weight is 426 g/mol. The molecule has 0 saturated heterocycles. The highest BCUT2D eigenvalue weighted by Crippen LogP contribution is 2.41. The maximum absolute atomic E-state index is 13.9. The largest absolute Gasteiger partial charge is 0.399 e. The zero-order valence-corrected chi connectivity index (χ0v) is 15.7. The van der Waals surface area contributed by atoms with Crippen LogP contribution in [-0.2, 0) is 19.2 Å². The van der Waals surface area contributed by atoms with Gasteiger partial charge in [0.25, 0.3) is 23.6 Å². The molecule has 0 bridgehead atoms.